The SMILES string of the molecule is CCOc1ccc(-c2cnc3c(Nc4ccc(C(=O)N5CCC(c6ccncc6)CC5)c(Cl)c4)nccn23)c(F)c1F. The molecule has 42 heavy (non-hydrogen) atoms. The number of pyridine rings is 1. The van der Waals surface area contributed by atoms with Crippen LogP contribution in [0, 0.1) is 11.6 Å². The van der Waals surface area contributed by atoms with Crippen LogP contribution in [0.5, 0.6) is 5.75 Å². The zero-order valence-electron chi connectivity index (χ0n) is 22.7. The Morgan fingerprint density at radius 1 is 1.05 bits per heavy atom. The van der Waals surface area contributed by atoms with Gasteiger partial charge in [0.25, 0.3) is 5.91 Å². The Morgan fingerprint density at radius 3 is 2.57 bits per heavy atom. The van der Waals surface area contributed by atoms with Gasteiger partial charge in [-0.2, -0.15) is 4.39 Å². The Bertz CT molecular complexity index is 1760. The summed E-state index contributed by atoms with van der Waals surface area (Å²) in [6.07, 6.45) is 9.94. The predicted molar refractivity (Wildman–Crippen MR) is 156 cm³/mol. The molecule has 6 rings (SSSR count). The molecule has 2 aromatic carbocycles. The smallest absolute Gasteiger partial charge is 0.255 e. The fourth-order valence-electron chi connectivity index (χ4n) is 5.33. The van der Waals surface area contributed by atoms with Gasteiger partial charge in [0, 0.05) is 49.1 Å². The number of aromatic nitrogens is 4. The summed E-state index contributed by atoms with van der Waals surface area (Å²) in [5.41, 5.74) is 3.05. The topological polar surface area (TPSA) is 84.6 Å². The molecule has 11 heteroatoms. The lowest BCUT2D eigenvalue weighted by Gasteiger charge is -2.32. The Kier molecular flexibility index (Phi) is 7.71. The fraction of sp³-hybridized carbons (Fsp3) is 0.226. The van der Waals surface area contributed by atoms with Gasteiger partial charge in [-0.25, -0.2) is 14.4 Å². The fourth-order valence-corrected chi connectivity index (χ4v) is 5.59. The number of piperidine rings is 1. The second-order valence-corrected chi connectivity index (χ2v) is 10.4. The Hall–Kier alpha value is -4.57. The van der Waals surface area contributed by atoms with Crippen molar-refractivity contribution in [1.29, 1.82) is 0 Å². The minimum atomic E-state index is -1.06. The van der Waals surface area contributed by atoms with Crippen molar-refractivity contribution in [2.24, 2.45) is 0 Å². The van der Waals surface area contributed by atoms with Gasteiger partial charge < -0.3 is 15.0 Å². The number of imidazole rings is 1. The molecule has 0 bridgehead atoms. The van der Waals surface area contributed by atoms with E-state index in [0.717, 1.165) is 12.8 Å². The van der Waals surface area contributed by atoms with Crippen molar-refractivity contribution in [1.82, 2.24) is 24.3 Å². The van der Waals surface area contributed by atoms with Gasteiger partial charge in [-0.1, -0.05) is 11.6 Å². The van der Waals surface area contributed by atoms with E-state index in [9.17, 15) is 13.6 Å². The molecule has 1 amide bonds. The number of anilines is 2. The van der Waals surface area contributed by atoms with E-state index in [2.05, 4.69) is 20.3 Å². The number of amides is 1. The molecule has 214 valence electrons. The lowest BCUT2D eigenvalue weighted by molar-refractivity contribution is 0.0713. The maximum absolute atomic E-state index is 14.9. The number of carbonyl (C=O) groups is 1. The summed E-state index contributed by atoms with van der Waals surface area (Å²) in [6.45, 7) is 3.21. The summed E-state index contributed by atoms with van der Waals surface area (Å²) >= 11 is 6.58. The van der Waals surface area contributed by atoms with Crippen LogP contribution in [0.15, 0.2) is 73.4 Å². The zero-order chi connectivity index (χ0) is 29.2. The zero-order valence-corrected chi connectivity index (χ0v) is 23.5. The summed E-state index contributed by atoms with van der Waals surface area (Å²) in [5, 5.41) is 3.49. The third kappa shape index (κ3) is 5.25. The number of likely N-dealkylation sites (tertiary alicyclic amines) is 1. The lowest BCUT2D eigenvalue weighted by atomic mass is 9.90. The monoisotopic (exact) mass is 588 g/mol. The first-order chi connectivity index (χ1) is 20.4. The predicted octanol–water partition coefficient (Wildman–Crippen LogP) is 6.89. The van der Waals surface area contributed by atoms with Gasteiger partial charge in [0.05, 0.1) is 29.1 Å². The van der Waals surface area contributed by atoms with Gasteiger partial charge >= 0.3 is 0 Å². The van der Waals surface area contributed by atoms with E-state index in [4.69, 9.17) is 16.3 Å². The number of hydrogen-bond acceptors (Lipinski definition) is 6. The van der Waals surface area contributed by atoms with Gasteiger partial charge in [-0.15, -0.1) is 0 Å². The third-order valence-electron chi connectivity index (χ3n) is 7.47. The molecule has 0 radical (unpaired) electrons. The largest absolute Gasteiger partial charge is 0.491 e. The number of hydrogen-bond donors (Lipinski definition) is 1. The summed E-state index contributed by atoms with van der Waals surface area (Å²) in [6, 6.07) is 12.0. The van der Waals surface area contributed by atoms with Crippen LogP contribution in [0.2, 0.25) is 5.02 Å². The van der Waals surface area contributed by atoms with Crippen molar-refractivity contribution in [3.8, 4) is 17.0 Å². The molecule has 3 aromatic heterocycles. The normalized spacial score (nSPS) is 13.9. The Labute approximate surface area is 246 Å². The molecule has 0 saturated carbocycles. The van der Waals surface area contributed by atoms with Crippen LogP contribution in [-0.2, 0) is 0 Å². The van der Waals surface area contributed by atoms with E-state index in [1.54, 1.807) is 48.1 Å². The van der Waals surface area contributed by atoms with Crippen LogP contribution < -0.4 is 10.1 Å². The number of nitrogens with zero attached hydrogens (tertiary/aromatic N) is 5. The van der Waals surface area contributed by atoms with Crippen LogP contribution in [0.4, 0.5) is 20.3 Å². The number of nitrogens with one attached hydrogen (secondary N) is 1. The van der Waals surface area contributed by atoms with Crippen LogP contribution in [-0.4, -0.2) is 49.9 Å². The molecular formula is C31H27ClF2N6O2. The summed E-state index contributed by atoms with van der Waals surface area (Å²) in [5.74, 6) is -1.56. The first-order valence-corrected chi connectivity index (χ1v) is 14.0. The van der Waals surface area contributed by atoms with E-state index in [1.165, 1.54) is 30.1 Å². The average molecular weight is 589 g/mol. The maximum atomic E-state index is 14.9. The quantitative estimate of drug-likeness (QED) is 0.223. The van der Waals surface area contributed by atoms with Gasteiger partial charge in [-0.05, 0) is 73.7 Å². The molecule has 8 nitrogen and oxygen atoms in total. The number of halogens is 3. The Morgan fingerprint density at radius 2 is 1.83 bits per heavy atom. The molecular weight excluding hydrogens is 562 g/mol. The molecule has 1 N–H and O–H groups in total. The van der Waals surface area contributed by atoms with Gasteiger partial charge in [0.1, 0.15) is 0 Å². The lowest BCUT2D eigenvalue weighted by Crippen LogP contribution is -2.38. The third-order valence-corrected chi connectivity index (χ3v) is 7.79. The van der Waals surface area contributed by atoms with E-state index >= 15 is 0 Å². The molecule has 1 aliphatic heterocycles. The maximum Gasteiger partial charge on any atom is 0.255 e. The number of benzene rings is 2. The minimum absolute atomic E-state index is 0.0383. The second kappa shape index (κ2) is 11.7. The van der Waals surface area contributed by atoms with Crippen molar-refractivity contribution in [3.05, 3.63) is 101 Å². The molecule has 4 heterocycles. The number of ether oxygens (including phenoxy) is 1. The highest BCUT2D eigenvalue weighted by atomic mass is 35.5. The van der Waals surface area contributed by atoms with Crippen molar-refractivity contribution in [3.63, 3.8) is 0 Å². The molecule has 1 saturated heterocycles. The van der Waals surface area contributed by atoms with Gasteiger partial charge in [-0.3, -0.25) is 14.2 Å². The van der Waals surface area contributed by atoms with Gasteiger partial charge in [0.15, 0.2) is 23.0 Å². The van der Waals surface area contributed by atoms with E-state index < -0.39 is 11.6 Å². The number of rotatable bonds is 7. The second-order valence-electron chi connectivity index (χ2n) is 9.95. The summed E-state index contributed by atoms with van der Waals surface area (Å²) in [7, 11) is 0. The molecule has 0 unspecified atom stereocenters. The highest BCUT2D eigenvalue weighted by molar-refractivity contribution is 6.34. The van der Waals surface area contributed by atoms with E-state index in [-0.39, 0.29) is 23.8 Å². The van der Waals surface area contributed by atoms with Crippen molar-refractivity contribution in [2.45, 2.75) is 25.7 Å². The van der Waals surface area contributed by atoms with Crippen LogP contribution >= 0.6 is 11.6 Å². The van der Waals surface area contributed by atoms with Gasteiger partial charge in [0.2, 0.25) is 5.82 Å². The summed E-state index contributed by atoms with van der Waals surface area (Å²) in [4.78, 5) is 28.0. The molecule has 0 aliphatic carbocycles. The average Bonchev–Trinajstić information content (AvgIpc) is 3.45. The molecule has 1 fully saturated rings. The Balaban J connectivity index is 1.19. The van der Waals surface area contributed by atoms with Crippen LogP contribution in [0.25, 0.3) is 16.9 Å². The first kappa shape index (κ1) is 27.6. The van der Waals surface area contributed by atoms with E-state index in [0.29, 0.717) is 52.4 Å². The van der Waals surface area contributed by atoms with Crippen LogP contribution in [0.3, 0.4) is 0 Å². The molecule has 1 aliphatic rings. The highest BCUT2D eigenvalue weighted by Gasteiger charge is 2.26. The molecule has 0 spiro atoms. The standard InChI is InChI=1S/C31H27ClF2N6O2/c1-2-42-26-6-5-23(27(33)28(26)34)25-18-37-30-29(36-13-16-40(25)30)38-21-3-4-22(24(32)17-21)31(41)39-14-9-20(10-15-39)19-7-11-35-12-8-19/h3-8,11-13,16-18,20H,2,9-10,14-15H2,1H3,(H,36,38). The van der Waals surface area contributed by atoms with Crippen molar-refractivity contribution >= 4 is 34.7 Å². The molecule has 0 atom stereocenters. The summed E-state index contributed by atoms with van der Waals surface area (Å²) < 4.78 is 36.2. The molecule has 5 aromatic rings. The highest BCUT2D eigenvalue weighted by Crippen LogP contribution is 2.33. The minimum Gasteiger partial charge on any atom is -0.491 e. The number of fused-ring (bicyclic) bond motifs is 1. The van der Waals surface area contributed by atoms with Crippen molar-refractivity contribution < 1.29 is 18.3 Å². The number of carbonyl (C=O) groups excluding carboxylic acids is 1. The first-order valence-electron chi connectivity index (χ1n) is 13.6. The van der Waals surface area contributed by atoms with Crippen molar-refractivity contribution in [2.75, 3.05) is 25.0 Å². The van der Waals surface area contributed by atoms with E-state index in [1.807, 2.05) is 17.0 Å². The van der Waals surface area contributed by atoms with Crippen LogP contribution in [0.1, 0.15) is 41.6 Å².